The van der Waals surface area contributed by atoms with Gasteiger partial charge in [0, 0.05) is 13.1 Å². The molecule has 0 bridgehead atoms. The topological polar surface area (TPSA) is 57.6 Å². The van der Waals surface area contributed by atoms with Crippen molar-refractivity contribution >= 4 is 10.0 Å². The second kappa shape index (κ2) is 2.43. The van der Waals surface area contributed by atoms with Crippen molar-refractivity contribution < 1.29 is 13.5 Å². The van der Waals surface area contributed by atoms with Gasteiger partial charge in [-0.05, 0) is 13.8 Å². The predicted octanol–water partition coefficient (Wildman–Crippen LogP) is -0.597. The van der Waals surface area contributed by atoms with Crippen LogP contribution in [0.1, 0.15) is 13.8 Å². The van der Waals surface area contributed by atoms with Gasteiger partial charge >= 0.3 is 0 Å². The molecule has 1 heterocycles. The summed E-state index contributed by atoms with van der Waals surface area (Å²) in [5.74, 6) is 0.114. The Bertz CT molecular complexity index is 237. The van der Waals surface area contributed by atoms with Crippen LogP contribution in [0, 0.1) is 0 Å². The summed E-state index contributed by atoms with van der Waals surface area (Å²) in [4.78, 5) is 0. The molecule has 0 aliphatic carbocycles. The van der Waals surface area contributed by atoms with E-state index in [2.05, 4.69) is 0 Å². The first-order valence-corrected chi connectivity index (χ1v) is 5.18. The van der Waals surface area contributed by atoms with Crippen molar-refractivity contribution in [3.63, 3.8) is 0 Å². The molecule has 1 aliphatic rings. The van der Waals surface area contributed by atoms with Crippen LogP contribution in [0.4, 0.5) is 0 Å². The minimum atomic E-state index is -3.06. The summed E-state index contributed by atoms with van der Waals surface area (Å²) < 4.78 is 23.5. The Labute approximate surface area is 66.9 Å². The van der Waals surface area contributed by atoms with E-state index >= 15 is 0 Å². The van der Waals surface area contributed by atoms with Crippen molar-refractivity contribution in [1.29, 1.82) is 0 Å². The van der Waals surface area contributed by atoms with Gasteiger partial charge in [-0.25, -0.2) is 8.42 Å². The fourth-order valence-electron chi connectivity index (χ4n) is 1.09. The van der Waals surface area contributed by atoms with Gasteiger partial charge in [0.15, 0.2) is 0 Å². The first kappa shape index (κ1) is 8.96. The molecule has 0 aromatic rings. The molecule has 5 heteroatoms. The van der Waals surface area contributed by atoms with Crippen LogP contribution in [0.2, 0.25) is 0 Å². The summed E-state index contributed by atoms with van der Waals surface area (Å²) in [5, 5.41) is 9.24. The molecule has 1 saturated heterocycles. The van der Waals surface area contributed by atoms with Gasteiger partial charge in [-0.15, -0.1) is 0 Å². The molecule has 0 aromatic carbocycles. The number of aliphatic hydroxyl groups is 1. The Morgan fingerprint density at radius 3 is 2.27 bits per heavy atom. The minimum absolute atomic E-state index is 0.114. The van der Waals surface area contributed by atoms with Crippen molar-refractivity contribution in [2.45, 2.75) is 19.4 Å². The van der Waals surface area contributed by atoms with E-state index in [0.717, 1.165) is 0 Å². The Morgan fingerprint density at radius 1 is 1.55 bits per heavy atom. The molecule has 1 fully saturated rings. The average molecular weight is 179 g/mol. The summed E-state index contributed by atoms with van der Waals surface area (Å²) in [6.45, 7) is 3.71. The predicted molar refractivity (Wildman–Crippen MR) is 41.7 cm³/mol. The maximum Gasteiger partial charge on any atom is 0.214 e. The number of nitrogens with zero attached hydrogens (tertiary/aromatic N) is 1. The van der Waals surface area contributed by atoms with Crippen molar-refractivity contribution in [2.75, 3.05) is 18.8 Å². The lowest BCUT2D eigenvalue weighted by Crippen LogP contribution is -2.61. The van der Waals surface area contributed by atoms with Crippen LogP contribution in [0.15, 0.2) is 0 Å². The molecule has 11 heavy (non-hydrogen) atoms. The smallest absolute Gasteiger partial charge is 0.214 e. The monoisotopic (exact) mass is 179 g/mol. The highest BCUT2D eigenvalue weighted by Crippen LogP contribution is 2.22. The molecular weight excluding hydrogens is 166 g/mol. The van der Waals surface area contributed by atoms with E-state index in [-0.39, 0.29) is 18.8 Å². The highest BCUT2D eigenvalue weighted by molar-refractivity contribution is 7.89. The van der Waals surface area contributed by atoms with E-state index in [1.807, 2.05) is 0 Å². The van der Waals surface area contributed by atoms with Gasteiger partial charge in [-0.3, -0.25) is 0 Å². The van der Waals surface area contributed by atoms with Gasteiger partial charge in [-0.2, -0.15) is 4.31 Å². The third kappa shape index (κ3) is 1.72. The van der Waals surface area contributed by atoms with E-state index < -0.39 is 15.6 Å². The zero-order valence-electron chi connectivity index (χ0n) is 6.74. The fraction of sp³-hybridized carbons (Fsp3) is 1.00. The molecule has 4 nitrogen and oxygen atoms in total. The molecule has 0 atom stereocenters. The number of hydrogen-bond donors (Lipinski definition) is 1. The van der Waals surface area contributed by atoms with E-state index in [4.69, 9.17) is 0 Å². The largest absolute Gasteiger partial charge is 0.387 e. The lowest BCUT2D eigenvalue weighted by atomic mass is 10.0. The lowest BCUT2D eigenvalue weighted by molar-refractivity contribution is -0.0425. The van der Waals surface area contributed by atoms with Crippen molar-refractivity contribution in [2.24, 2.45) is 0 Å². The molecule has 1 rings (SSSR count). The van der Waals surface area contributed by atoms with Crippen LogP contribution in [0.25, 0.3) is 0 Å². The molecule has 0 radical (unpaired) electrons. The molecule has 66 valence electrons. The summed E-state index contributed by atoms with van der Waals surface area (Å²) in [7, 11) is -3.06. The van der Waals surface area contributed by atoms with Crippen LogP contribution >= 0.6 is 0 Å². The molecular formula is C6H13NO3S. The van der Waals surface area contributed by atoms with E-state index in [9.17, 15) is 13.5 Å². The van der Waals surface area contributed by atoms with E-state index in [1.54, 1.807) is 13.8 Å². The summed E-state index contributed by atoms with van der Waals surface area (Å²) >= 11 is 0. The maximum atomic E-state index is 11.1. The lowest BCUT2D eigenvalue weighted by Gasteiger charge is -2.42. The van der Waals surface area contributed by atoms with Crippen LogP contribution in [0.3, 0.4) is 0 Å². The number of sulfonamides is 1. The zero-order chi connectivity index (χ0) is 8.70. The number of hydrogen-bond acceptors (Lipinski definition) is 3. The second-order valence-corrected chi connectivity index (χ2v) is 5.42. The molecule has 0 aromatic heterocycles. The maximum absolute atomic E-state index is 11.1. The Balaban J connectivity index is 2.58. The van der Waals surface area contributed by atoms with Crippen LogP contribution in [-0.2, 0) is 10.0 Å². The number of β-amino-alcohol motifs (C(OH)–C–C–N with tert-alkyl or cyclic N) is 1. The highest BCUT2D eigenvalue weighted by atomic mass is 32.2. The summed E-state index contributed by atoms with van der Waals surface area (Å²) in [5.41, 5.74) is -0.803. The normalized spacial score (nSPS) is 24.6. The third-order valence-corrected chi connectivity index (χ3v) is 3.57. The van der Waals surface area contributed by atoms with E-state index in [0.29, 0.717) is 0 Å². The molecule has 0 saturated carbocycles. The fourth-order valence-corrected chi connectivity index (χ4v) is 2.41. The second-order valence-electron chi connectivity index (χ2n) is 3.17. The molecule has 1 N–H and O–H groups in total. The Hall–Kier alpha value is -0.130. The first-order valence-electron chi connectivity index (χ1n) is 3.57. The summed E-state index contributed by atoms with van der Waals surface area (Å²) in [6, 6.07) is 0. The van der Waals surface area contributed by atoms with E-state index in [1.165, 1.54) is 4.31 Å². The van der Waals surface area contributed by atoms with Crippen LogP contribution < -0.4 is 0 Å². The highest BCUT2D eigenvalue weighted by Gasteiger charge is 2.42. The minimum Gasteiger partial charge on any atom is -0.387 e. The van der Waals surface area contributed by atoms with Gasteiger partial charge in [0.2, 0.25) is 10.0 Å². The Morgan fingerprint density at radius 2 is 2.00 bits per heavy atom. The van der Waals surface area contributed by atoms with Gasteiger partial charge in [0.05, 0.1) is 11.4 Å². The van der Waals surface area contributed by atoms with Crippen molar-refractivity contribution in [1.82, 2.24) is 4.31 Å². The standard InChI is InChI=1S/C6H13NO3S/c1-3-11(9,10)7-4-6(2,8)5-7/h8H,3-5H2,1-2H3. The Kier molecular flexibility index (Phi) is 1.98. The van der Waals surface area contributed by atoms with Crippen LogP contribution in [-0.4, -0.2) is 42.3 Å². The average Bonchev–Trinajstić information content (AvgIpc) is 1.83. The SMILES string of the molecule is CCS(=O)(=O)N1CC(C)(O)C1. The van der Waals surface area contributed by atoms with Gasteiger partial charge < -0.3 is 5.11 Å². The van der Waals surface area contributed by atoms with Crippen molar-refractivity contribution in [3.05, 3.63) is 0 Å². The molecule has 0 unspecified atom stereocenters. The zero-order valence-corrected chi connectivity index (χ0v) is 7.56. The van der Waals surface area contributed by atoms with Gasteiger partial charge in [0.25, 0.3) is 0 Å². The molecule has 0 amide bonds. The first-order chi connectivity index (χ1) is 4.87. The third-order valence-electron chi connectivity index (χ3n) is 1.79. The van der Waals surface area contributed by atoms with Crippen LogP contribution in [0.5, 0.6) is 0 Å². The number of rotatable bonds is 2. The summed E-state index contributed by atoms with van der Waals surface area (Å²) in [6.07, 6.45) is 0. The molecule has 1 aliphatic heterocycles. The van der Waals surface area contributed by atoms with Gasteiger partial charge in [0.1, 0.15) is 0 Å². The molecule has 0 spiro atoms. The quantitative estimate of drug-likeness (QED) is 0.616. The van der Waals surface area contributed by atoms with Crippen molar-refractivity contribution in [3.8, 4) is 0 Å². The van der Waals surface area contributed by atoms with Gasteiger partial charge in [-0.1, -0.05) is 0 Å².